The van der Waals surface area contributed by atoms with Gasteiger partial charge in [-0.1, -0.05) is 5.16 Å². The highest BCUT2D eigenvalue weighted by molar-refractivity contribution is 5.95. The predicted molar refractivity (Wildman–Crippen MR) is 84.1 cm³/mol. The number of rotatable bonds is 2. The molecule has 24 heavy (non-hydrogen) atoms. The van der Waals surface area contributed by atoms with Crippen molar-refractivity contribution in [2.24, 2.45) is 0 Å². The van der Waals surface area contributed by atoms with E-state index in [1.165, 1.54) is 0 Å². The van der Waals surface area contributed by atoms with Crippen molar-refractivity contribution >= 4 is 5.91 Å². The van der Waals surface area contributed by atoms with Gasteiger partial charge < -0.3 is 18.9 Å². The van der Waals surface area contributed by atoms with Gasteiger partial charge in [0.2, 0.25) is 5.89 Å². The van der Waals surface area contributed by atoms with Crippen molar-refractivity contribution in [1.29, 1.82) is 0 Å². The Morgan fingerprint density at radius 3 is 2.83 bits per heavy atom. The molecule has 1 atom stereocenters. The first-order chi connectivity index (χ1) is 11.7. The number of hydrogen-bond donors (Lipinski definition) is 0. The second-order valence-corrected chi connectivity index (χ2v) is 6.05. The fourth-order valence-corrected chi connectivity index (χ4v) is 3.22. The van der Waals surface area contributed by atoms with Gasteiger partial charge in [-0.25, -0.2) is 0 Å². The van der Waals surface area contributed by atoms with Crippen molar-refractivity contribution in [3.8, 4) is 11.5 Å². The van der Waals surface area contributed by atoms with Gasteiger partial charge in [-0.15, -0.1) is 0 Å². The van der Waals surface area contributed by atoms with E-state index in [-0.39, 0.29) is 11.9 Å². The van der Waals surface area contributed by atoms with Crippen LogP contribution in [0.3, 0.4) is 0 Å². The van der Waals surface area contributed by atoms with Crippen molar-refractivity contribution in [2.45, 2.75) is 32.2 Å². The standard InChI is InChI=1S/C17H19N3O4/c1-11-18-16(24-19-11)13-4-2-3-7-20(13)17(21)12-5-6-14-15(10-12)23-9-8-22-14/h5-6,10,13H,2-4,7-9H2,1H3/t13-/m0/s1. The molecular formula is C17H19N3O4. The second-order valence-electron chi connectivity index (χ2n) is 6.05. The Kier molecular flexibility index (Phi) is 3.84. The van der Waals surface area contributed by atoms with Crippen LogP contribution in [0.15, 0.2) is 22.7 Å². The van der Waals surface area contributed by atoms with E-state index >= 15 is 0 Å². The summed E-state index contributed by atoms with van der Waals surface area (Å²) in [7, 11) is 0. The van der Waals surface area contributed by atoms with Gasteiger partial charge in [0.15, 0.2) is 17.3 Å². The molecule has 0 N–H and O–H groups in total. The summed E-state index contributed by atoms with van der Waals surface area (Å²) in [4.78, 5) is 19.2. The molecule has 7 heteroatoms. The third-order valence-corrected chi connectivity index (χ3v) is 4.38. The van der Waals surface area contributed by atoms with Crippen LogP contribution in [0.2, 0.25) is 0 Å². The van der Waals surface area contributed by atoms with Crippen molar-refractivity contribution in [3.63, 3.8) is 0 Å². The van der Waals surface area contributed by atoms with Crippen LogP contribution < -0.4 is 9.47 Å². The molecule has 0 unspecified atom stereocenters. The normalized spacial score (nSPS) is 20.0. The monoisotopic (exact) mass is 329 g/mol. The molecule has 1 aromatic carbocycles. The number of benzene rings is 1. The highest BCUT2D eigenvalue weighted by atomic mass is 16.6. The maximum absolute atomic E-state index is 13.0. The summed E-state index contributed by atoms with van der Waals surface area (Å²) in [6.45, 7) is 3.49. The van der Waals surface area contributed by atoms with Crippen molar-refractivity contribution in [3.05, 3.63) is 35.5 Å². The number of aryl methyl sites for hydroxylation is 1. The minimum atomic E-state index is -0.166. The molecule has 2 aliphatic rings. The van der Waals surface area contributed by atoms with E-state index in [2.05, 4.69) is 10.1 Å². The van der Waals surface area contributed by atoms with E-state index < -0.39 is 0 Å². The molecule has 2 aliphatic heterocycles. The minimum absolute atomic E-state index is 0.0486. The summed E-state index contributed by atoms with van der Waals surface area (Å²) in [5.41, 5.74) is 0.586. The van der Waals surface area contributed by atoms with Crippen molar-refractivity contribution in [2.75, 3.05) is 19.8 Å². The van der Waals surface area contributed by atoms with Gasteiger partial charge in [-0.05, 0) is 44.4 Å². The Balaban J connectivity index is 1.62. The number of carbonyl (C=O) groups is 1. The van der Waals surface area contributed by atoms with E-state index in [9.17, 15) is 4.79 Å². The minimum Gasteiger partial charge on any atom is -0.486 e. The molecule has 0 aliphatic carbocycles. The lowest BCUT2D eigenvalue weighted by Gasteiger charge is -2.33. The van der Waals surface area contributed by atoms with Crippen LogP contribution in [-0.4, -0.2) is 40.7 Å². The van der Waals surface area contributed by atoms with E-state index in [4.69, 9.17) is 14.0 Å². The van der Waals surface area contributed by atoms with E-state index in [1.54, 1.807) is 25.1 Å². The number of amides is 1. The van der Waals surface area contributed by atoms with Gasteiger partial charge in [-0.3, -0.25) is 4.79 Å². The average Bonchev–Trinajstić information content (AvgIpc) is 3.07. The van der Waals surface area contributed by atoms with Gasteiger partial charge in [0.25, 0.3) is 5.91 Å². The maximum Gasteiger partial charge on any atom is 0.254 e. The number of aromatic nitrogens is 2. The molecule has 2 aromatic rings. The summed E-state index contributed by atoms with van der Waals surface area (Å²) in [5.74, 6) is 2.35. The Bertz CT molecular complexity index is 758. The number of piperidine rings is 1. The van der Waals surface area contributed by atoms with Crippen molar-refractivity contribution < 1.29 is 18.8 Å². The number of nitrogens with zero attached hydrogens (tertiary/aromatic N) is 3. The molecule has 0 spiro atoms. The zero-order valence-corrected chi connectivity index (χ0v) is 13.5. The fourth-order valence-electron chi connectivity index (χ4n) is 3.22. The number of likely N-dealkylation sites (tertiary alicyclic amines) is 1. The smallest absolute Gasteiger partial charge is 0.254 e. The largest absolute Gasteiger partial charge is 0.486 e. The van der Waals surface area contributed by atoms with Crippen molar-refractivity contribution in [1.82, 2.24) is 15.0 Å². The number of carbonyl (C=O) groups excluding carboxylic acids is 1. The molecular weight excluding hydrogens is 310 g/mol. The molecule has 0 radical (unpaired) electrons. The predicted octanol–water partition coefficient (Wildman–Crippen LogP) is 2.52. The molecule has 1 fully saturated rings. The van der Waals surface area contributed by atoms with Crippen LogP contribution in [0.1, 0.15) is 47.4 Å². The SMILES string of the molecule is Cc1noc([C@@H]2CCCCN2C(=O)c2ccc3c(c2)OCCO3)n1. The topological polar surface area (TPSA) is 77.7 Å². The molecule has 4 rings (SSSR count). The van der Waals surface area contributed by atoms with Crippen LogP contribution in [0.4, 0.5) is 0 Å². The molecule has 1 aromatic heterocycles. The van der Waals surface area contributed by atoms with Crippen LogP contribution in [0.25, 0.3) is 0 Å². The highest BCUT2D eigenvalue weighted by Gasteiger charge is 2.32. The first-order valence-corrected chi connectivity index (χ1v) is 8.23. The number of fused-ring (bicyclic) bond motifs is 1. The van der Waals surface area contributed by atoms with Gasteiger partial charge in [-0.2, -0.15) is 4.98 Å². The summed E-state index contributed by atoms with van der Waals surface area (Å²) < 4.78 is 16.4. The lowest BCUT2D eigenvalue weighted by atomic mass is 10.0. The Labute approximate surface area is 139 Å². The molecule has 0 bridgehead atoms. The van der Waals surface area contributed by atoms with Crippen LogP contribution >= 0.6 is 0 Å². The van der Waals surface area contributed by atoms with E-state index in [0.29, 0.717) is 48.5 Å². The van der Waals surface area contributed by atoms with Crippen LogP contribution in [0.5, 0.6) is 11.5 Å². The quantitative estimate of drug-likeness (QED) is 0.842. The van der Waals surface area contributed by atoms with Gasteiger partial charge in [0.1, 0.15) is 19.3 Å². The van der Waals surface area contributed by atoms with Crippen LogP contribution in [-0.2, 0) is 0 Å². The van der Waals surface area contributed by atoms with E-state index in [0.717, 1.165) is 19.3 Å². The van der Waals surface area contributed by atoms with Gasteiger partial charge in [0.05, 0.1) is 0 Å². The zero-order valence-electron chi connectivity index (χ0n) is 13.5. The fraction of sp³-hybridized carbons (Fsp3) is 0.471. The lowest BCUT2D eigenvalue weighted by Crippen LogP contribution is -2.38. The summed E-state index contributed by atoms with van der Waals surface area (Å²) >= 11 is 0. The molecule has 1 saturated heterocycles. The Hall–Kier alpha value is -2.57. The third kappa shape index (κ3) is 2.70. The summed E-state index contributed by atoms with van der Waals surface area (Å²) in [5, 5.41) is 3.86. The number of ether oxygens (including phenoxy) is 2. The molecule has 0 saturated carbocycles. The summed E-state index contributed by atoms with van der Waals surface area (Å²) in [6, 6.07) is 5.15. The Morgan fingerprint density at radius 1 is 1.21 bits per heavy atom. The van der Waals surface area contributed by atoms with Gasteiger partial charge >= 0.3 is 0 Å². The second kappa shape index (κ2) is 6.14. The number of hydrogen-bond acceptors (Lipinski definition) is 6. The molecule has 7 nitrogen and oxygen atoms in total. The zero-order chi connectivity index (χ0) is 16.5. The molecule has 1 amide bonds. The van der Waals surface area contributed by atoms with E-state index in [1.807, 2.05) is 4.90 Å². The highest BCUT2D eigenvalue weighted by Crippen LogP contribution is 2.34. The van der Waals surface area contributed by atoms with Gasteiger partial charge in [0, 0.05) is 12.1 Å². The first-order valence-electron chi connectivity index (χ1n) is 8.23. The first kappa shape index (κ1) is 15.0. The molecule has 3 heterocycles. The lowest BCUT2D eigenvalue weighted by molar-refractivity contribution is 0.0560. The maximum atomic E-state index is 13.0. The third-order valence-electron chi connectivity index (χ3n) is 4.38. The Morgan fingerprint density at radius 2 is 2.04 bits per heavy atom. The molecule has 126 valence electrons. The average molecular weight is 329 g/mol. The van der Waals surface area contributed by atoms with Crippen LogP contribution in [0, 0.1) is 6.92 Å². The summed E-state index contributed by atoms with van der Waals surface area (Å²) in [6.07, 6.45) is 2.84.